The molecule has 0 heterocycles. The van der Waals surface area contributed by atoms with E-state index in [1.807, 2.05) is 0 Å². The SMILES string of the molecule is CC[C@H](C)[C@H](NC(=O)[C@@H](NC(=O)[C@H](C)N)C(C)C)C(=O)N[C@H](C(=O)N[C@@H](C)C(=O)N[C@@H](CCC(N)=O)C(=O)N[C@@H](CCCCN)C(=O)N[C@@H](CO)C(=O)N[C@@H](CCC(=O)O)C(=O)O)[C@@H](C)CC. The van der Waals surface area contributed by atoms with E-state index in [4.69, 9.17) is 22.3 Å². The number of aliphatic hydroxyl groups is 1. The molecule has 0 radical (unpaired) electrons. The van der Waals surface area contributed by atoms with Crippen molar-refractivity contribution in [2.75, 3.05) is 13.2 Å². The van der Waals surface area contributed by atoms with Crippen molar-refractivity contribution in [2.45, 2.75) is 168 Å². The number of hydrogen-bond donors (Lipinski definition) is 14. The molecular weight excluding hydrogens is 883 g/mol. The van der Waals surface area contributed by atoms with Crippen LogP contribution in [0.3, 0.4) is 0 Å². The van der Waals surface area contributed by atoms with Crippen molar-refractivity contribution in [3.8, 4) is 0 Å². The number of primary amides is 1. The van der Waals surface area contributed by atoms with Crippen molar-refractivity contribution in [3.05, 3.63) is 0 Å². The second-order valence-corrected chi connectivity index (χ2v) is 17.0. The molecule has 0 rings (SSSR count). The van der Waals surface area contributed by atoms with Crippen LogP contribution in [0, 0.1) is 17.8 Å². The molecule has 11 atom stereocenters. The Morgan fingerprint density at radius 1 is 0.493 bits per heavy atom. The number of aliphatic hydroxyl groups excluding tert-OH is 1. The lowest BCUT2D eigenvalue weighted by atomic mass is 9.94. The van der Waals surface area contributed by atoms with Crippen molar-refractivity contribution in [2.24, 2.45) is 35.0 Å². The Morgan fingerprint density at radius 2 is 0.910 bits per heavy atom. The Balaban J connectivity index is 6.34. The maximum absolute atomic E-state index is 13.9. The lowest BCUT2D eigenvalue weighted by Crippen LogP contribution is -2.62. The Morgan fingerprint density at radius 3 is 1.34 bits per heavy atom. The van der Waals surface area contributed by atoms with Crippen LogP contribution in [0.15, 0.2) is 0 Å². The van der Waals surface area contributed by atoms with Crippen LogP contribution in [0.4, 0.5) is 0 Å². The average Bonchev–Trinajstić information content (AvgIpc) is 3.26. The summed E-state index contributed by atoms with van der Waals surface area (Å²) in [5, 5.41) is 47.9. The van der Waals surface area contributed by atoms with Crippen LogP contribution in [-0.2, 0) is 52.7 Å². The number of rotatable bonds is 33. The van der Waals surface area contributed by atoms with E-state index in [-0.39, 0.29) is 31.7 Å². The van der Waals surface area contributed by atoms with Crippen molar-refractivity contribution in [1.82, 2.24) is 42.5 Å². The van der Waals surface area contributed by atoms with Gasteiger partial charge in [-0.25, -0.2) is 4.79 Å². The molecule has 0 aromatic heterocycles. The molecule has 0 bridgehead atoms. The normalized spacial score (nSPS) is 16.1. The smallest absolute Gasteiger partial charge is 0.326 e. The second-order valence-electron chi connectivity index (χ2n) is 17.0. The third-order valence-corrected chi connectivity index (χ3v) is 11.0. The van der Waals surface area contributed by atoms with Gasteiger partial charge in [0.25, 0.3) is 0 Å². The first kappa shape index (κ1) is 61.0. The number of nitrogens with two attached hydrogens (primary N) is 3. The molecule has 0 aromatic carbocycles. The van der Waals surface area contributed by atoms with E-state index in [0.717, 1.165) is 0 Å². The zero-order valence-electron chi connectivity index (χ0n) is 39.8. The molecule has 0 spiro atoms. The topological polar surface area (TPSA) is 423 Å². The molecule has 0 aliphatic heterocycles. The van der Waals surface area contributed by atoms with Crippen LogP contribution < -0.4 is 59.7 Å². The number of aliphatic carboxylic acids is 2. The number of carbonyl (C=O) groups excluding carboxylic acids is 9. The molecule has 0 saturated carbocycles. The molecule has 0 fully saturated rings. The van der Waals surface area contributed by atoms with Gasteiger partial charge in [0.2, 0.25) is 53.2 Å². The fourth-order valence-electron chi connectivity index (χ4n) is 6.23. The molecular formula is C42H75N11O14. The number of carboxylic acid groups (broad SMARTS) is 2. The Hall–Kier alpha value is -5.95. The highest BCUT2D eigenvalue weighted by atomic mass is 16.4. The maximum Gasteiger partial charge on any atom is 0.326 e. The minimum absolute atomic E-state index is 0.0828. The minimum atomic E-state index is -1.75. The van der Waals surface area contributed by atoms with Crippen LogP contribution in [0.1, 0.15) is 113 Å². The minimum Gasteiger partial charge on any atom is -0.481 e. The quantitative estimate of drug-likeness (QED) is 0.0282. The number of carboxylic acids is 2. The Kier molecular flexibility index (Phi) is 28.3. The summed E-state index contributed by atoms with van der Waals surface area (Å²) >= 11 is 0. The first-order valence-electron chi connectivity index (χ1n) is 22.5. The summed E-state index contributed by atoms with van der Waals surface area (Å²) in [6.45, 7) is 12.3. The highest BCUT2D eigenvalue weighted by molar-refractivity contribution is 5.98. The molecule has 382 valence electrons. The first-order chi connectivity index (χ1) is 31.3. The van der Waals surface area contributed by atoms with Gasteiger partial charge in [0.05, 0.1) is 12.6 Å². The lowest BCUT2D eigenvalue weighted by molar-refractivity contribution is -0.143. The average molecular weight is 958 g/mol. The van der Waals surface area contributed by atoms with E-state index >= 15 is 0 Å². The molecule has 0 aliphatic carbocycles. The predicted molar refractivity (Wildman–Crippen MR) is 241 cm³/mol. The molecule has 0 aliphatic rings. The van der Waals surface area contributed by atoms with Gasteiger partial charge in [-0.2, -0.15) is 0 Å². The monoisotopic (exact) mass is 958 g/mol. The van der Waals surface area contributed by atoms with Crippen molar-refractivity contribution < 1.29 is 68.1 Å². The predicted octanol–water partition coefficient (Wildman–Crippen LogP) is -3.68. The molecule has 0 saturated heterocycles. The third kappa shape index (κ3) is 22.4. The van der Waals surface area contributed by atoms with Gasteiger partial charge < -0.3 is 75.1 Å². The van der Waals surface area contributed by atoms with Crippen LogP contribution >= 0.6 is 0 Å². The van der Waals surface area contributed by atoms with Crippen LogP contribution in [0.2, 0.25) is 0 Å². The first-order valence-corrected chi connectivity index (χ1v) is 22.5. The van der Waals surface area contributed by atoms with Crippen LogP contribution in [-0.4, -0.2) is 148 Å². The summed E-state index contributed by atoms with van der Waals surface area (Å²) in [5.41, 5.74) is 16.6. The van der Waals surface area contributed by atoms with E-state index in [9.17, 15) is 63.0 Å². The van der Waals surface area contributed by atoms with Gasteiger partial charge in [0.15, 0.2) is 0 Å². The van der Waals surface area contributed by atoms with Gasteiger partial charge in [-0.05, 0) is 70.3 Å². The molecule has 25 heteroatoms. The summed E-state index contributed by atoms with van der Waals surface area (Å²) in [4.78, 5) is 142. The highest BCUT2D eigenvalue weighted by Crippen LogP contribution is 2.14. The van der Waals surface area contributed by atoms with E-state index in [2.05, 4.69) is 42.5 Å². The number of amides is 9. The summed E-state index contributed by atoms with van der Waals surface area (Å²) in [7, 11) is 0. The van der Waals surface area contributed by atoms with E-state index in [1.54, 1.807) is 41.5 Å². The van der Waals surface area contributed by atoms with Gasteiger partial charge >= 0.3 is 11.9 Å². The molecule has 67 heavy (non-hydrogen) atoms. The summed E-state index contributed by atoms with van der Waals surface area (Å²) in [6.07, 6.45) is -0.545. The fraction of sp³-hybridized carbons (Fsp3) is 0.738. The number of hydrogen-bond acceptors (Lipinski definition) is 14. The second kappa shape index (κ2) is 31.1. The molecule has 25 nitrogen and oxygen atoms in total. The molecule has 0 aromatic rings. The molecule has 0 unspecified atom stereocenters. The summed E-state index contributed by atoms with van der Waals surface area (Å²) in [5.74, 6) is -11.9. The molecule has 17 N–H and O–H groups in total. The lowest BCUT2D eigenvalue weighted by Gasteiger charge is -2.31. The number of unbranched alkanes of at least 4 members (excludes halogenated alkanes) is 1. The Bertz CT molecular complexity index is 1710. The van der Waals surface area contributed by atoms with Crippen molar-refractivity contribution in [1.29, 1.82) is 0 Å². The van der Waals surface area contributed by atoms with Gasteiger partial charge in [0.1, 0.15) is 48.3 Å². The van der Waals surface area contributed by atoms with Gasteiger partial charge in [-0.1, -0.05) is 54.4 Å². The van der Waals surface area contributed by atoms with Crippen LogP contribution in [0.5, 0.6) is 0 Å². The van der Waals surface area contributed by atoms with E-state index in [1.165, 1.54) is 13.8 Å². The summed E-state index contributed by atoms with van der Waals surface area (Å²) < 4.78 is 0. The van der Waals surface area contributed by atoms with Crippen molar-refractivity contribution in [3.63, 3.8) is 0 Å². The van der Waals surface area contributed by atoms with Crippen molar-refractivity contribution >= 4 is 65.1 Å². The maximum atomic E-state index is 13.9. The van der Waals surface area contributed by atoms with E-state index < -0.39 is 157 Å². The van der Waals surface area contributed by atoms with Gasteiger partial charge in [0, 0.05) is 12.8 Å². The zero-order chi connectivity index (χ0) is 51.7. The fourth-order valence-corrected chi connectivity index (χ4v) is 6.23. The van der Waals surface area contributed by atoms with E-state index in [0.29, 0.717) is 19.3 Å². The van der Waals surface area contributed by atoms with Gasteiger partial charge in [-0.15, -0.1) is 0 Å². The third-order valence-electron chi connectivity index (χ3n) is 11.0. The molecule has 9 amide bonds. The Labute approximate surface area is 390 Å². The highest BCUT2D eigenvalue weighted by Gasteiger charge is 2.37. The van der Waals surface area contributed by atoms with Crippen LogP contribution in [0.25, 0.3) is 0 Å². The summed E-state index contributed by atoms with van der Waals surface area (Å²) in [6, 6.07) is -12.1. The van der Waals surface area contributed by atoms with Gasteiger partial charge in [-0.3, -0.25) is 47.9 Å². The largest absolute Gasteiger partial charge is 0.481 e. The standard InChI is InChI=1S/C42H75N11O14/c1-9-21(5)32(53-41(65)33(22(6)10-2)52-39(63)31(20(3)4)51-34(58)23(7)44)40(64)46-24(8)35(59)47-26(14-16-29(45)55)37(61)48-25(13-11-12-18-43)36(60)50-28(19-54)38(62)49-27(42(66)67)15-17-30(56)57/h20-28,31-33,54H,9-19,43-44H2,1-8H3,(H2,45,55)(H,46,64)(H,47,59)(H,48,61)(H,49,62)(H,50,60)(H,51,58)(H,52,63)(H,53,65)(H,56,57)(H,66,67)/t21-,22-,23-,24-,25-,26-,27-,28-,31-,32-,33-/m0/s1. The number of nitrogens with one attached hydrogen (secondary N) is 8. The number of carbonyl (C=O) groups is 11. The zero-order valence-corrected chi connectivity index (χ0v) is 39.8.